The molecular weight excluding hydrogens is 312 g/mol. The Balaban J connectivity index is 1.95. The van der Waals surface area contributed by atoms with Crippen LogP contribution in [0.2, 0.25) is 0 Å². The normalized spacial score (nSPS) is 15.8. The van der Waals surface area contributed by atoms with Gasteiger partial charge in [0.1, 0.15) is 11.5 Å². The lowest BCUT2D eigenvalue weighted by Crippen LogP contribution is -2.33. The molecule has 3 heteroatoms. The molecule has 25 heavy (non-hydrogen) atoms. The number of fused-ring (bicyclic) bond motifs is 6. The van der Waals surface area contributed by atoms with Gasteiger partial charge in [-0.15, -0.1) is 0 Å². The number of benzene rings is 3. The number of ether oxygens (including phenoxy) is 2. The zero-order valence-corrected chi connectivity index (χ0v) is 14.0. The third kappa shape index (κ3) is 1.73. The number of para-hydroxylation sites is 2. The van der Waals surface area contributed by atoms with Crippen LogP contribution in [0.3, 0.4) is 0 Å². The highest BCUT2D eigenvalue weighted by Crippen LogP contribution is 2.56. The Labute approximate surface area is 145 Å². The standard InChI is InChI=1S/C22H16O3/c1-13-11-14(2)20-15(12-13)21(23)25-22(20)16-7-3-5-9-18(16)24-19-10-6-4-8-17(19)22/h3-12H,1-2H3. The molecule has 0 aliphatic carbocycles. The van der Waals surface area contributed by atoms with Gasteiger partial charge in [-0.3, -0.25) is 0 Å². The molecule has 5 rings (SSSR count). The molecule has 2 aliphatic heterocycles. The molecule has 0 atom stereocenters. The summed E-state index contributed by atoms with van der Waals surface area (Å²) in [4.78, 5) is 12.8. The summed E-state index contributed by atoms with van der Waals surface area (Å²) >= 11 is 0. The Morgan fingerprint density at radius 3 is 2.08 bits per heavy atom. The van der Waals surface area contributed by atoms with E-state index in [9.17, 15) is 4.79 Å². The number of carbonyl (C=O) groups excluding carboxylic acids is 1. The summed E-state index contributed by atoms with van der Waals surface area (Å²) in [5.41, 5.74) is 4.46. The lowest BCUT2D eigenvalue weighted by Gasteiger charge is -2.37. The number of esters is 1. The molecule has 0 fully saturated rings. The van der Waals surface area contributed by atoms with Crippen molar-refractivity contribution in [2.75, 3.05) is 0 Å². The van der Waals surface area contributed by atoms with Crippen LogP contribution < -0.4 is 4.74 Å². The van der Waals surface area contributed by atoms with E-state index in [0.717, 1.165) is 39.3 Å². The number of carbonyl (C=O) groups is 1. The van der Waals surface area contributed by atoms with Crippen molar-refractivity contribution < 1.29 is 14.3 Å². The molecule has 0 bridgehead atoms. The lowest BCUT2D eigenvalue weighted by molar-refractivity contribution is 0.0223. The van der Waals surface area contributed by atoms with Crippen molar-refractivity contribution in [1.29, 1.82) is 0 Å². The molecule has 1 spiro atoms. The largest absolute Gasteiger partial charge is 0.456 e. The van der Waals surface area contributed by atoms with E-state index < -0.39 is 5.60 Å². The first-order valence-corrected chi connectivity index (χ1v) is 8.33. The molecule has 0 radical (unpaired) electrons. The molecule has 3 nitrogen and oxygen atoms in total. The van der Waals surface area contributed by atoms with Crippen LogP contribution in [-0.2, 0) is 10.3 Å². The van der Waals surface area contributed by atoms with Gasteiger partial charge in [0.05, 0.1) is 5.56 Å². The predicted octanol–water partition coefficient (Wildman–Crippen LogP) is 4.87. The fourth-order valence-electron chi connectivity index (χ4n) is 4.18. The van der Waals surface area contributed by atoms with E-state index >= 15 is 0 Å². The van der Waals surface area contributed by atoms with Crippen molar-refractivity contribution in [2.24, 2.45) is 0 Å². The molecule has 122 valence electrons. The van der Waals surface area contributed by atoms with Crippen molar-refractivity contribution in [3.05, 3.63) is 94.0 Å². The number of aryl methyl sites for hydroxylation is 2. The Bertz CT molecular complexity index is 1000. The molecule has 2 aliphatic rings. The van der Waals surface area contributed by atoms with Crippen LogP contribution >= 0.6 is 0 Å². The fraction of sp³-hybridized carbons (Fsp3) is 0.136. The van der Waals surface area contributed by atoms with E-state index in [2.05, 4.69) is 6.07 Å². The second-order valence-corrected chi connectivity index (χ2v) is 6.67. The molecular formula is C22H16O3. The van der Waals surface area contributed by atoms with Crippen LogP contribution in [0.1, 0.15) is 38.2 Å². The minimum absolute atomic E-state index is 0.284. The van der Waals surface area contributed by atoms with Crippen LogP contribution in [0.25, 0.3) is 0 Å². The lowest BCUT2D eigenvalue weighted by atomic mass is 9.76. The van der Waals surface area contributed by atoms with E-state index in [1.54, 1.807) is 0 Å². The number of rotatable bonds is 0. The highest BCUT2D eigenvalue weighted by molar-refractivity contribution is 5.97. The second-order valence-electron chi connectivity index (χ2n) is 6.67. The molecule has 3 aromatic rings. The number of hydrogen-bond acceptors (Lipinski definition) is 3. The third-order valence-electron chi connectivity index (χ3n) is 5.05. The summed E-state index contributed by atoms with van der Waals surface area (Å²) in [5.74, 6) is 1.16. The minimum atomic E-state index is -0.949. The van der Waals surface area contributed by atoms with Gasteiger partial charge in [0.15, 0.2) is 5.60 Å². The second kappa shape index (κ2) is 4.73. The maximum Gasteiger partial charge on any atom is 0.340 e. The van der Waals surface area contributed by atoms with Gasteiger partial charge >= 0.3 is 5.97 Å². The van der Waals surface area contributed by atoms with Crippen LogP contribution in [0.4, 0.5) is 0 Å². The van der Waals surface area contributed by atoms with Gasteiger partial charge in [0.2, 0.25) is 0 Å². The van der Waals surface area contributed by atoms with Crippen LogP contribution in [-0.4, -0.2) is 5.97 Å². The van der Waals surface area contributed by atoms with Crippen LogP contribution in [0, 0.1) is 13.8 Å². The van der Waals surface area contributed by atoms with Gasteiger partial charge in [0, 0.05) is 16.7 Å². The van der Waals surface area contributed by atoms with E-state index in [0.29, 0.717) is 5.56 Å². The van der Waals surface area contributed by atoms with Gasteiger partial charge in [-0.2, -0.15) is 0 Å². The summed E-state index contributed by atoms with van der Waals surface area (Å²) in [6.45, 7) is 4.04. The zero-order valence-electron chi connectivity index (χ0n) is 14.0. The Morgan fingerprint density at radius 1 is 0.840 bits per heavy atom. The molecule has 3 aromatic carbocycles. The maximum absolute atomic E-state index is 12.8. The molecule has 0 aromatic heterocycles. The molecule has 0 amide bonds. The van der Waals surface area contributed by atoms with Gasteiger partial charge < -0.3 is 9.47 Å². The molecule has 0 saturated carbocycles. The van der Waals surface area contributed by atoms with Gasteiger partial charge in [-0.1, -0.05) is 42.5 Å². The first-order valence-electron chi connectivity index (χ1n) is 8.33. The first kappa shape index (κ1) is 14.3. The summed E-state index contributed by atoms with van der Waals surface area (Å²) < 4.78 is 12.2. The van der Waals surface area contributed by atoms with Crippen LogP contribution in [0.15, 0.2) is 60.7 Å². The zero-order chi connectivity index (χ0) is 17.2. The Kier molecular flexibility index (Phi) is 2.70. The van der Waals surface area contributed by atoms with Gasteiger partial charge in [-0.05, 0) is 43.2 Å². The van der Waals surface area contributed by atoms with E-state index in [4.69, 9.17) is 9.47 Å². The molecule has 2 heterocycles. The first-order chi connectivity index (χ1) is 12.1. The average Bonchev–Trinajstić information content (AvgIpc) is 2.89. The van der Waals surface area contributed by atoms with Gasteiger partial charge in [0.25, 0.3) is 0 Å². The summed E-state index contributed by atoms with van der Waals surface area (Å²) in [6.07, 6.45) is 0. The fourth-order valence-corrected chi connectivity index (χ4v) is 4.18. The minimum Gasteiger partial charge on any atom is -0.456 e. The van der Waals surface area contributed by atoms with E-state index in [1.165, 1.54) is 0 Å². The van der Waals surface area contributed by atoms with Crippen LogP contribution in [0.5, 0.6) is 11.5 Å². The van der Waals surface area contributed by atoms with Crippen molar-refractivity contribution in [3.63, 3.8) is 0 Å². The summed E-state index contributed by atoms with van der Waals surface area (Å²) in [6, 6.07) is 19.6. The third-order valence-corrected chi connectivity index (χ3v) is 5.05. The topological polar surface area (TPSA) is 35.5 Å². The SMILES string of the molecule is Cc1cc(C)c2c(c1)C(=O)OC21c2ccccc2Oc2ccccc21. The molecule has 0 saturated heterocycles. The highest BCUT2D eigenvalue weighted by Gasteiger charge is 2.54. The van der Waals surface area contributed by atoms with Crippen molar-refractivity contribution >= 4 is 5.97 Å². The monoisotopic (exact) mass is 328 g/mol. The highest BCUT2D eigenvalue weighted by atomic mass is 16.6. The Morgan fingerprint density at radius 2 is 1.44 bits per heavy atom. The Hall–Kier alpha value is -3.07. The summed E-state index contributed by atoms with van der Waals surface area (Å²) in [5, 5.41) is 0. The number of hydrogen-bond donors (Lipinski definition) is 0. The van der Waals surface area contributed by atoms with Crippen molar-refractivity contribution in [1.82, 2.24) is 0 Å². The maximum atomic E-state index is 12.8. The molecule has 0 unspecified atom stereocenters. The predicted molar refractivity (Wildman–Crippen MR) is 94.2 cm³/mol. The average molecular weight is 328 g/mol. The molecule has 0 N–H and O–H groups in total. The smallest absolute Gasteiger partial charge is 0.340 e. The van der Waals surface area contributed by atoms with E-state index in [1.807, 2.05) is 68.4 Å². The van der Waals surface area contributed by atoms with E-state index in [-0.39, 0.29) is 5.97 Å². The van der Waals surface area contributed by atoms with Gasteiger partial charge in [-0.25, -0.2) is 4.79 Å². The van der Waals surface area contributed by atoms with Crippen molar-refractivity contribution in [3.8, 4) is 11.5 Å². The summed E-state index contributed by atoms with van der Waals surface area (Å²) in [7, 11) is 0. The quantitative estimate of drug-likeness (QED) is 0.552. The van der Waals surface area contributed by atoms with Crippen molar-refractivity contribution in [2.45, 2.75) is 19.4 Å².